The van der Waals surface area contributed by atoms with Crippen molar-refractivity contribution in [1.82, 2.24) is 5.32 Å². The van der Waals surface area contributed by atoms with Crippen molar-refractivity contribution in [3.63, 3.8) is 0 Å². The Hall–Kier alpha value is -1.56. The SMILES string of the molecule is CCC(Cc1ccc(C(F)(F)F)cc1)C(=O)NC1CCOC(C)C1. The molecule has 0 aliphatic carbocycles. The number of nitrogens with one attached hydrogen (secondary N) is 1. The van der Waals surface area contributed by atoms with Gasteiger partial charge in [-0.25, -0.2) is 0 Å². The van der Waals surface area contributed by atoms with Crippen molar-refractivity contribution in [3.05, 3.63) is 35.4 Å². The van der Waals surface area contributed by atoms with Crippen LogP contribution in [0.5, 0.6) is 0 Å². The van der Waals surface area contributed by atoms with Gasteiger partial charge in [0.05, 0.1) is 11.7 Å². The number of hydrogen-bond acceptors (Lipinski definition) is 2. The predicted molar refractivity (Wildman–Crippen MR) is 85.5 cm³/mol. The van der Waals surface area contributed by atoms with Crippen molar-refractivity contribution in [2.24, 2.45) is 5.92 Å². The quantitative estimate of drug-likeness (QED) is 0.879. The molecule has 1 aliphatic rings. The molecular formula is C18H24F3NO2. The molecule has 2 rings (SSSR count). The van der Waals surface area contributed by atoms with Gasteiger partial charge in [-0.3, -0.25) is 4.79 Å². The summed E-state index contributed by atoms with van der Waals surface area (Å²) in [5.74, 6) is -0.267. The van der Waals surface area contributed by atoms with Crippen molar-refractivity contribution >= 4 is 5.91 Å². The second-order valence-corrected chi connectivity index (χ2v) is 6.42. The molecule has 3 nitrogen and oxygen atoms in total. The molecule has 1 aromatic carbocycles. The monoisotopic (exact) mass is 343 g/mol. The Morgan fingerprint density at radius 3 is 2.54 bits per heavy atom. The lowest BCUT2D eigenvalue weighted by Crippen LogP contribution is -2.44. The predicted octanol–water partition coefficient (Wildman–Crippen LogP) is 3.96. The van der Waals surface area contributed by atoms with Crippen LogP contribution in [0.4, 0.5) is 13.2 Å². The minimum Gasteiger partial charge on any atom is -0.378 e. The molecule has 1 aliphatic heterocycles. The third-order valence-electron chi connectivity index (χ3n) is 4.46. The topological polar surface area (TPSA) is 38.3 Å². The summed E-state index contributed by atoms with van der Waals surface area (Å²) < 4.78 is 43.3. The maximum absolute atomic E-state index is 12.6. The first kappa shape index (κ1) is 18.8. The van der Waals surface area contributed by atoms with E-state index in [1.54, 1.807) is 0 Å². The molecule has 134 valence electrons. The smallest absolute Gasteiger partial charge is 0.378 e. The summed E-state index contributed by atoms with van der Waals surface area (Å²) in [6, 6.07) is 5.16. The molecule has 0 radical (unpaired) electrons. The molecule has 1 fully saturated rings. The highest BCUT2D eigenvalue weighted by Gasteiger charge is 2.30. The standard InChI is InChI=1S/C18H24F3NO2/c1-3-14(17(23)22-16-8-9-24-12(2)10-16)11-13-4-6-15(7-5-13)18(19,20)21/h4-7,12,14,16H,3,8-11H2,1-2H3,(H,22,23). The highest BCUT2D eigenvalue weighted by Crippen LogP contribution is 2.29. The first-order valence-electron chi connectivity index (χ1n) is 8.37. The molecule has 1 amide bonds. The second-order valence-electron chi connectivity index (χ2n) is 6.42. The van der Waals surface area contributed by atoms with Gasteiger partial charge in [-0.05, 0) is 50.3 Å². The molecule has 0 bridgehead atoms. The van der Waals surface area contributed by atoms with Crippen molar-refractivity contribution in [2.45, 2.75) is 57.9 Å². The summed E-state index contributed by atoms with van der Waals surface area (Å²) in [5.41, 5.74) is 0.0743. The zero-order valence-electron chi connectivity index (χ0n) is 14.0. The first-order valence-corrected chi connectivity index (χ1v) is 8.37. The fourth-order valence-electron chi connectivity index (χ4n) is 2.98. The van der Waals surface area contributed by atoms with Gasteiger partial charge in [0.2, 0.25) is 5.91 Å². The average molecular weight is 343 g/mol. The highest BCUT2D eigenvalue weighted by molar-refractivity contribution is 5.79. The third-order valence-corrected chi connectivity index (χ3v) is 4.46. The van der Waals surface area contributed by atoms with E-state index in [9.17, 15) is 18.0 Å². The molecule has 0 spiro atoms. The third kappa shape index (κ3) is 5.23. The van der Waals surface area contributed by atoms with Crippen molar-refractivity contribution in [1.29, 1.82) is 0 Å². The Balaban J connectivity index is 1.94. The Morgan fingerprint density at radius 1 is 1.33 bits per heavy atom. The Labute approximate surface area is 140 Å². The number of carbonyl (C=O) groups is 1. The van der Waals surface area contributed by atoms with Crippen molar-refractivity contribution < 1.29 is 22.7 Å². The number of alkyl halides is 3. The van der Waals surface area contributed by atoms with Crippen LogP contribution < -0.4 is 5.32 Å². The van der Waals surface area contributed by atoms with E-state index in [0.717, 1.165) is 30.5 Å². The molecule has 24 heavy (non-hydrogen) atoms. The maximum atomic E-state index is 12.6. The minimum absolute atomic E-state index is 0.0310. The largest absolute Gasteiger partial charge is 0.416 e. The van der Waals surface area contributed by atoms with Gasteiger partial charge < -0.3 is 10.1 Å². The summed E-state index contributed by atoms with van der Waals surface area (Å²) >= 11 is 0. The van der Waals surface area contributed by atoms with Gasteiger partial charge in [0, 0.05) is 18.6 Å². The highest BCUT2D eigenvalue weighted by atomic mass is 19.4. The van der Waals surface area contributed by atoms with Gasteiger partial charge in [0.1, 0.15) is 0 Å². The van der Waals surface area contributed by atoms with E-state index in [0.29, 0.717) is 19.4 Å². The summed E-state index contributed by atoms with van der Waals surface area (Å²) in [5, 5.41) is 3.06. The van der Waals surface area contributed by atoms with E-state index in [-0.39, 0.29) is 24.0 Å². The van der Waals surface area contributed by atoms with Crippen LogP contribution in [0, 0.1) is 5.92 Å². The lowest BCUT2D eigenvalue weighted by Gasteiger charge is -2.29. The summed E-state index contributed by atoms with van der Waals surface area (Å²) in [6.45, 7) is 4.54. The fraction of sp³-hybridized carbons (Fsp3) is 0.611. The summed E-state index contributed by atoms with van der Waals surface area (Å²) in [7, 11) is 0. The van der Waals surface area contributed by atoms with Crippen LogP contribution in [-0.2, 0) is 22.1 Å². The van der Waals surface area contributed by atoms with Gasteiger partial charge >= 0.3 is 6.18 Å². The molecular weight excluding hydrogens is 319 g/mol. The zero-order valence-corrected chi connectivity index (χ0v) is 14.0. The van der Waals surface area contributed by atoms with Gasteiger partial charge in [0.15, 0.2) is 0 Å². The number of hydrogen-bond donors (Lipinski definition) is 1. The number of amides is 1. The number of benzene rings is 1. The number of rotatable bonds is 5. The molecule has 3 unspecified atom stereocenters. The maximum Gasteiger partial charge on any atom is 0.416 e. The molecule has 1 N–H and O–H groups in total. The van der Waals surface area contributed by atoms with Crippen molar-refractivity contribution in [3.8, 4) is 0 Å². The lowest BCUT2D eigenvalue weighted by molar-refractivity contribution is -0.137. The van der Waals surface area contributed by atoms with Gasteiger partial charge in [-0.15, -0.1) is 0 Å². The first-order chi connectivity index (χ1) is 11.3. The number of carbonyl (C=O) groups excluding carboxylic acids is 1. The number of halogens is 3. The molecule has 3 atom stereocenters. The van der Waals surface area contributed by atoms with E-state index in [1.807, 2.05) is 13.8 Å². The molecule has 0 aromatic heterocycles. The van der Waals surface area contributed by atoms with E-state index in [4.69, 9.17) is 4.74 Å². The van der Waals surface area contributed by atoms with Crippen LogP contribution in [0.25, 0.3) is 0 Å². The van der Waals surface area contributed by atoms with E-state index in [2.05, 4.69) is 5.32 Å². The van der Waals surface area contributed by atoms with E-state index < -0.39 is 11.7 Å². The van der Waals surface area contributed by atoms with Gasteiger partial charge in [-0.2, -0.15) is 13.2 Å². The summed E-state index contributed by atoms with van der Waals surface area (Å²) in [4.78, 5) is 12.4. The van der Waals surface area contributed by atoms with Crippen LogP contribution in [0.15, 0.2) is 24.3 Å². The van der Waals surface area contributed by atoms with Crippen molar-refractivity contribution in [2.75, 3.05) is 6.61 Å². The van der Waals surface area contributed by atoms with E-state index in [1.165, 1.54) is 12.1 Å². The molecule has 1 aromatic rings. The Morgan fingerprint density at radius 2 is 2.00 bits per heavy atom. The second kappa shape index (κ2) is 8.01. The minimum atomic E-state index is -4.33. The van der Waals surface area contributed by atoms with Crippen LogP contribution in [0.3, 0.4) is 0 Å². The van der Waals surface area contributed by atoms with Crippen LogP contribution in [0.2, 0.25) is 0 Å². The van der Waals surface area contributed by atoms with Gasteiger partial charge in [-0.1, -0.05) is 19.1 Å². The fourth-order valence-corrected chi connectivity index (χ4v) is 2.98. The molecule has 0 saturated carbocycles. The normalized spacial score (nSPS) is 22.9. The summed E-state index contributed by atoms with van der Waals surface area (Å²) in [6.07, 6.45) is -1.51. The Kier molecular flexibility index (Phi) is 6.27. The average Bonchev–Trinajstić information content (AvgIpc) is 2.52. The zero-order chi connectivity index (χ0) is 17.7. The van der Waals surface area contributed by atoms with Crippen LogP contribution >= 0.6 is 0 Å². The number of ether oxygens (including phenoxy) is 1. The van der Waals surface area contributed by atoms with E-state index >= 15 is 0 Å². The van der Waals surface area contributed by atoms with Crippen LogP contribution in [-0.4, -0.2) is 24.7 Å². The Bertz CT molecular complexity index is 542. The molecule has 1 heterocycles. The molecule has 1 saturated heterocycles. The lowest BCUT2D eigenvalue weighted by atomic mass is 9.94. The molecule has 6 heteroatoms. The van der Waals surface area contributed by atoms with Gasteiger partial charge in [0.25, 0.3) is 0 Å². The van der Waals surface area contributed by atoms with Crippen LogP contribution in [0.1, 0.15) is 44.2 Å².